The lowest BCUT2D eigenvalue weighted by Crippen LogP contribution is -2.42. The molecule has 0 fully saturated rings. The van der Waals surface area contributed by atoms with Crippen LogP contribution in [0.2, 0.25) is 0 Å². The number of nitrogens with zero attached hydrogens (tertiary/aromatic N) is 1. The van der Waals surface area contributed by atoms with Gasteiger partial charge in [0.05, 0.1) is 10.5 Å². The van der Waals surface area contributed by atoms with Crippen LogP contribution >= 0.6 is 11.3 Å². The van der Waals surface area contributed by atoms with Gasteiger partial charge in [-0.3, -0.25) is 4.99 Å². The first-order chi connectivity index (χ1) is 10.7. The molecule has 1 atom stereocenters. The summed E-state index contributed by atoms with van der Waals surface area (Å²) in [6.07, 6.45) is 0. The van der Waals surface area contributed by atoms with Crippen molar-refractivity contribution >= 4 is 27.1 Å². The molecule has 7 heteroatoms. The molecule has 0 saturated heterocycles. The average Bonchev–Trinajstić information content (AvgIpc) is 2.97. The average molecular weight is 360 g/mol. The highest BCUT2D eigenvalue weighted by Crippen LogP contribution is 2.18. The maximum absolute atomic E-state index is 12.1. The number of hydrogen-bond donors (Lipinski definition) is 2. The molecular formula is C16H29N3O2S2. The highest BCUT2D eigenvalue weighted by molar-refractivity contribution is 7.92. The van der Waals surface area contributed by atoms with Crippen LogP contribution in [0.3, 0.4) is 0 Å². The molecule has 0 aliphatic rings. The number of hydrogen-bond acceptors (Lipinski definition) is 4. The van der Waals surface area contributed by atoms with E-state index in [1.807, 2.05) is 6.92 Å². The lowest BCUT2D eigenvalue weighted by molar-refractivity contribution is 0.559. The summed E-state index contributed by atoms with van der Waals surface area (Å²) in [5.74, 6) is 1.11. The number of aliphatic imine (C=N–C) groups is 1. The standard InChI is InChI=1S/C16H29N3O2S2/c1-6-17-15(18-8-10-23(20,21)16(3,4)5)19-11-13(2)14-7-9-22-12-14/h7,9,12-13H,6,8,10-11H2,1-5H3,(H2,17,18,19). The molecule has 0 spiro atoms. The summed E-state index contributed by atoms with van der Waals surface area (Å²) in [7, 11) is -3.12. The van der Waals surface area contributed by atoms with Crippen molar-refractivity contribution in [3.63, 3.8) is 0 Å². The molecule has 0 amide bonds. The molecule has 132 valence electrons. The first kappa shape index (κ1) is 20.0. The van der Waals surface area contributed by atoms with E-state index in [1.165, 1.54) is 5.56 Å². The van der Waals surface area contributed by atoms with Crippen molar-refractivity contribution in [2.24, 2.45) is 4.99 Å². The Balaban J connectivity index is 2.56. The van der Waals surface area contributed by atoms with Crippen LogP contribution in [0.5, 0.6) is 0 Å². The topological polar surface area (TPSA) is 70.6 Å². The van der Waals surface area contributed by atoms with Gasteiger partial charge in [0.25, 0.3) is 0 Å². The molecule has 2 N–H and O–H groups in total. The summed E-state index contributed by atoms with van der Waals surface area (Å²) < 4.78 is 23.5. The van der Waals surface area contributed by atoms with Gasteiger partial charge in [-0.05, 0) is 50.1 Å². The summed E-state index contributed by atoms with van der Waals surface area (Å²) in [6, 6.07) is 2.11. The summed E-state index contributed by atoms with van der Waals surface area (Å²) in [5.41, 5.74) is 1.28. The minimum atomic E-state index is -3.12. The molecule has 0 radical (unpaired) electrons. The lowest BCUT2D eigenvalue weighted by atomic mass is 10.1. The lowest BCUT2D eigenvalue weighted by Gasteiger charge is -2.20. The van der Waals surface area contributed by atoms with Gasteiger partial charge in [0, 0.05) is 25.6 Å². The van der Waals surface area contributed by atoms with Gasteiger partial charge in [-0.2, -0.15) is 11.3 Å². The maximum atomic E-state index is 12.1. The number of sulfone groups is 1. The molecule has 1 heterocycles. The van der Waals surface area contributed by atoms with Crippen molar-refractivity contribution in [3.8, 4) is 0 Å². The van der Waals surface area contributed by atoms with Crippen LogP contribution in [0, 0.1) is 0 Å². The molecular weight excluding hydrogens is 330 g/mol. The Labute approximate surface area is 144 Å². The summed E-state index contributed by atoms with van der Waals surface area (Å²) in [5, 5.41) is 10.5. The van der Waals surface area contributed by atoms with E-state index in [4.69, 9.17) is 0 Å². The second-order valence-electron chi connectivity index (χ2n) is 6.54. The van der Waals surface area contributed by atoms with E-state index in [2.05, 4.69) is 39.4 Å². The van der Waals surface area contributed by atoms with Crippen molar-refractivity contribution in [3.05, 3.63) is 22.4 Å². The Bertz CT molecular complexity index is 587. The SMILES string of the molecule is CCNC(=NCC(C)c1ccsc1)NCCS(=O)(=O)C(C)(C)C. The van der Waals surface area contributed by atoms with Crippen LogP contribution in [0.25, 0.3) is 0 Å². The zero-order valence-corrected chi connectivity index (χ0v) is 16.4. The molecule has 1 unspecified atom stereocenters. The minimum absolute atomic E-state index is 0.0982. The van der Waals surface area contributed by atoms with E-state index in [0.29, 0.717) is 25.0 Å². The molecule has 1 rings (SSSR count). The monoisotopic (exact) mass is 359 g/mol. The Kier molecular flexibility index (Phi) is 7.54. The normalized spacial score (nSPS) is 14.6. The Morgan fingerprint density at radius 3 is 2.57 bits per heavy atom. The molecule has 0 aliphatic carbocycles. The quantitative estimate of drug-likeness (QED) is 0.580. The van der Waals surface area contributed by atoms with Crippen molar-refractivity contribution in [1.29, 1.82) is 0 Å². The number of rotatable bonds is 7. The Hall–Kier alpha value is -1.08. The first-order valence-electron chi connectivity index (χ1n) is 7.94. The molecule has 0 bridgehead atoms. The summed E-state index contributed by atoms with van der Waals surface area (Å²) in [4.78, 5) is 4.56. The zero-order chi connectivity index (χ0) is 17.5. The fraction of sp³-hybridized carbons (Fsp3) is 0.688. The van der Waals surface area contributed by atoms with Crippen LogP contribution in [-0.2, 0) is 9.84 Å². The predicted octanol–water partition coefficient (Wildman–Crippen LogP) is 2.62. The molecule has 1 aromatic heterocycles. The van der Waals surface area contributed by atoms with Crippen molar-refractivity contribution in [1.82, 2.24) is 10.6 Å². The van der Waals surface area contributed by atoms with E-state index >= 15 is 0 Å². The third-order valence-corrected chi connectivity index (χ3v) is 6.89. The van der Waals surface area contributed by atoms with Gasteiger partial charge in [0.15, 0.2) is 15.8 Å². The third kappa shape index (κ3) is 6.51. The fourth-order valence-corrected chi connectivity index (χ4v) is 3.61. The molecule has 23 heavy (non-hydrogen) atoms. The van der Waals surface area contributed by atoms with Crippen LogP contribution in [0.15, 0.2) is 21.8 Å². The largest absolute Gasteiger partial charge is 0.357 e. The molecule has 0 saturated carbocycles. The third-order valence-electron chi connectivity index (χ3n) is 3.58. The van der Waals surface area contributed by atoms with Crippen LogP contribution in [0.4, 0.5) is 0 Å². The van der Waals surface area contributed by atoms with Gasteiger partial charge in [-0.25, -0.2) is 8.42 Å². The second-order valence-corrected chi connectivity index (χ2v) is 10.2. The van der Waals surface area contributed by atoms with E-state index < -0.39 is 14.6 Å². The van der Waals surface area contributed by atoms with Gasteiger partial charge in [0.2, 0.25) is 0 Å². The smallest absolute Gasteiger partial charge is 0.191 e. The zero-order valence-electron chi connectivity index (χ0n) is 14.7. The minimum Gasteiger partial charge on any atom is -0.357 e. The molecule has 1 aromatic rings. The van der Waals surface area contributed by atoms with Crippen molar-refractivity contribution < 1.29 is 8.42 Å². The second kappa shape index (κ2) is 8.68. The number of guanidine groups is 1. The van der Waals surface area contributed by atoms with Crippen molar-refractivity contribution in [2.75, 3.05) is 25.4 Å². The van der Waals surface area contributed by atoms with Gasteiger partial charge >= 0.3 is 0 Å². The van der Waals surface area contributed by atoms with Gasteiger partial charge in [-0.15, -0.1) is 0 Å². The highest BCUT2D eigenvalue weighted by atomic mass is 32.2. The Morgan fingerprint density at radius 1 is 1.35 bits per heavy atom. The predicted molar refractivity (Wildman–Crippen MR) is 100 cm³/mol. The van der Waals surface area contributed by atoms with Gasteiger partial charge < -0.3 is 10.6 Å². The maximum Gasteiger partial charge on any atom is 0.191 e. The van der Waals surface area contributed by atoms with E-state index in [-0.39, 0.29) is 5.75 Å². The van der Waals surface area contributed by atoms with Crippen molar-refractivity contribution in [2.45, 2.75) is 45.3 Å². The van der Waals surface area contributed by atoms with Crippen LogP contribution in [-0.4, -0.2) is 44.5 Å². The Morgan fingerprint density at radius 2 is 2.04 bits per heavy atom. The van der Waals surface area contributed by atoms with Crippen LogP contribution < -0.4 is 10.6 Å². The van der Waals surface area contributed by atoms with Crippen LogP contribution in [0.1, 0.15) is 46.1 Å². The summed E-state index contributed by atoms with van der Waals surface area (Å²) >= 11 is 1.68. The van der Waals surface area contributed by atoms with Gasteiger partial charge in [-0.1, -0.05) is 6.92 Å². The van der Waals surface area contributed by atoms with E-state index in [0.717, 1.165) is 6.54 Å². The highest BCUT2D eigenvalue weighted by Gasteiger charge is 2.28. The van der Waals surface area contributed by atoms with E-state index in [9.17, 15) is 8.42 Å². The number of thiophene rings is 1. The first-order valence-corrected chi connectivity index (χ1v) is 10.5. The van der Waals surface area contributed by atoms with Gasteiger partial charge in [0.1, 0.15) is 0 Å². The molecule has 0 aromatic carbocycles. The molecule has 5 nitrogen and oxygen atoms in total. The molecule has 0 aliphatic heterocycles. The fourth-order valence-electron chi connectivity index (χ4n) is 1.84. The number of nitrogens with one attached hydrogen (secondary N) is 2. The summed E-state index contributed by atoms with van der Waals surface area (Å²) in [6.45, 7) is 11.1. The van der Waals surface area contributed by atoms with E-state index in [1.54, 1.807) is 32.1 Å².